The first kappa shape index (κ1) is 16.7. The average Bonchev–Trinajstić information content (AvgIpc) is 2.41. The van der Waals surface area contributed by atoms with Gasteiger partial charge in [-0.25, -0.2) is 0 Å². The molecule has 0 fully saturated rings. The second-order valence-corrected chi connectivity index (χ2v) is 6.22. The van der Waals surface area contributed by atoms with E-state index in [1.54, 1.807) is 0 Å². The minimum atomic E-state index is 0.560. The summed E-state index contributed by atoms with van der Waals surface area (Å²) in [4.78, 5) is 2.40. The van der Waals surface area contributed by atoms with Crippen molar-refractivity contribution in [1.29, 1.82) is 0 Å². The van der Waals surface area contributed by atoms with Gasteiger partial charge in [0.1, 0.15) is 0 Å². The summed E-state index contributed by atoms with van der Waals surface area (Å²) >= 11 is 3.47. The van der Waals surface area contributed by atoms with E-state index in [0.29, 0.717) is 6.04 Å². The Morgan fingerprint density at radius 2 is 1.89 bits per heavy atom. The molecule has 0 heterocycles. The van der Waals surface area contributed by atoms with Crippen LogP contribution in [0, 0.1) is 0 Å². The third-order valence-corrected chi connectivity index (χ3v) is 4.02. The third-order valence-electron chi connectivity index (χ3n) is 3.49. The lowest BCUT2D eigenvalue weighted by atomic mass is 10.2. The fourth-order valence-corrected chi connectivity index (χ4v) is 2.26. The van der Waals surface area contributed by atoms with Crippen molar-refractivity contribution < 1.29 is 0 Å². The standard InChI is InChI=1S/C16H27BrN2/c1-4-5-6-11-18-12-14(2)19(3)13-15-7-9-16(17)10-8-15/h7-10,14,18H,4-6,11-13H2,1-3H3. The highest BCUT2D eigenvalue weighted by molar-refractivity contribution is 9.10. The predicted octanol–water partition coefficient (Wildman–Crippen LogP) is 4.05. The van der Waals surface area contributed by atoms with E-state index in [2.05, 4.69) is 71.3 Å². The van der Waals surface area contributed by atoms with Crippen LogP contribution >= 0.6 is 15.9 Å². The smallest absolute Gasteiger partial charge is 0.0234 e. The number of nitrogens with zero attached hydrogens (tertiary/aromatic N) is 1. The number of benzene rings is 1. The lowest BCUT2D eigenvalue weighted by Crippen LogP contribution is -2.37. The fraction of sp³-hybridized carbons (Fsp3) is 0.625. The van der Waals surface area contributed by atoms with Gasteiger partial charge in [-0.05, 0) is 44.6 Å². The molecule has 1 unspecified atom stereocenters. The van der Waals surface area contributed by atoms with E-state index in [1.807, 2.05) is 0 Å². The molecule has 0 bridgehead atoms. The molecule has 0 aliphatic heterocycles. The maximum atomic E-state index is 3.55. The van der Waals surface area contributed by atoms with Crippen LogP contribution < -0.4 is 5.32 Å². The second kappa shape index (κ2) is 9.51. The maximum absolute atomic E-state index is 3.55. The van der Waals surface area contributed by atoms with E-state index in [1.165, 1.54) is 24.8 Å². The predicted molar refractivity (Wildman–Crippen MR) is 87.5 cm³/mol. The van der Waals surface area contributed by atoms with Crippen LogP contribution in [0.4, 0.5) is 0 Å². The summed E-state index contributed by atoms with van der Waals surface area (Å²) < 4.78 is 1.14. The van der Waals surface area contributed by atoms with Crippen LogP contribution in [0.2, 0.25) is 0 Å². The van der Waals surface area contributed by atoms with Crippen molar-refractivity contribution in [2.24, 2.45) is 0 Å². The topological polar surface area (TPSA) is 15.3 Å². The normalized spacial score (nSPS) is 12.9. The van der Waals surface area contributed by atoms with Gasteiger partial charge in [-0.1, -0.05) is 47.8 Å². The molecule has 0 aliphatic carbocycles. The number of likely N-dealkylation sites (N-methyl/N-ethyl adjacent to an activating group) is 1. The quantitative estimate of drug-likeness (QED) is 0.689. The number of hydrogen-bond donors (Lipinski definition) is 1. The molecule has 3 heteroatoms. The van der Waals surface area contributed by atoms with Gasteiger partial charge in [-0.2, -0.15) is 0 Å². The van der Waals surface area contributed by atoms with Crippen LogP contribution in [0.5, 0.6) is 0 Å². The zero-order valence-corrected chi connectivity index (χ0v) is 14.0. The number of rotatable bonds is 9. The molecule has 108 valence electrons. The van der Waals surface area contributed by atoms with Crippen molar-refractivity contribution >= 4 is 15.9 Å². The van der Waals surface area contributed by atoms with Gasteiger partial charge in [0.25, 0.3) is 0 Å². The highest BCUT2D eigenvalue weighted by atomic mass is 79.9. The van der Waals surface area contributed by atoms with Crippen LogP contribution in [0.25, 0.3) is 0 Å². The number of nitrogens with one attached hydrogen (secondary N) is 1. The van der Waals surface area contributed by atoms with Gasteiger partial charge >= 0.3 is 0 Å². The second-order valence-electron chi connectivity index (χ2n) is 5.30. The summed E-state index contributed by atoms with van der Waals surface area (Å²) in [7, 11) is 2.19. The van der Waals surface area contributed by atoms with Gasteiger partial charge in [0.2, 0.25) is 0 Å². The molecule has 1 aromatic carbocycles. The molecule has 1 atom stereocenters. The largest absolute Gasteiger partial charge is 0.315 e. The molecule has 1 aromatic rings. The molecular weight excluding hydrogens is 300 g/mol. The van der Waals surface area contributed by atoms with Crippen molar-refractivity contribution in [3.05, 3.63) is 34.3 Å². The van der Waals surface area contributed by atoms with Crippen LogP contribution in [0.1, 0.15) is 38.7 Å². The minimum absolute atomic E-state index is 0.560. The van der Waals surface area contributed by atoms with E-state index >= 15 is 0 Å². The molecule has 1 rings (SSSR count). The first-order valence-corrected chi connectivity index (χ1v) is 8.08. The summed E-state index contributed by atoms with van der Waals surface area (Å²) in [5, 5.41) is 3.55. The van der Waals surface area contributed by atoms with E-state index in [-0.39, 0.29) is 0 Å². The summed E-state index contributed by atoms with van der Waals surface area (Å²) in [6.07, 6.45) is 3.91. The SMILES string of the molecule is CCCCCNCC(C)N(C)Cc1ccc(Br)cc1. The highest BCUT2D eigenvalue weighted by Crippen LogP contribution is 2.12. The average molecular weight is 327 g/mol. The Morgan fingerprint density at radius 3 is 2.53 bits per heavy atom. The molecule has 1 N–H and O–H groups in total. The van der Waals surface area contributed by atoms with Crippen molar-refractivity contribution in [2.75, 3.05) is 20.1 Å². The Kier molecular flexibility index (Phi) is 8.35. The van der Waals surface area contributed by atoms with Gasteiger partial charge in [0.05, 0.1) is 0 Å². The molecular formula is C16H27BrN2. The first-order chi connectivity index (χ1) is 9.13. The fourth-order valence-electron chi connectivity index (χ4n) is 2.00. The molecule has 0 radical (unpaired) electrons. The zero-order valence-electron chi connectivity index (χ0n) is 12.5. The zero-order chi connectivity index (χ0) is 14.1. The van der Waals surface area contributed by atoms with Crippen LogP contribution in [-0.4, -0.2) is 31.1 Å². The summed E-state index contributed by atoms with van der Waals surface area (Å²) in [5.74, 6) is 0. The first-order valence-electron chi connectivity index (χ1n) is 7.29. The molecule has 19 heavy (non-hydrogen) atoms. The Morgan fingerprint density at radius 1 is 1.21 bits per heavy atom. The van der Waals surface area contributed by atoms with Gasteiger partial charge < -0.3 is 5.32 Å². The Labute approximate surface area is 126 Å². The van der Waals surface area contributed by atoms with Crippen LogP contribution in [0.15, 0.2) is 28.7 Å². The summed E-state index contributed by atoms with van der Waals surface area (Å²) in [6.45, 7) is 7.74. The Bertz CT molecular complexity index is 337. The monoisotopic (exact) mass is 326 g/mol. The van der Waals surface area contributed by atoms with Crippen molar-refractivity contribution in [2.45, 2.75) is 45.7 Å². The third kappa shape index (κ3) is 7.09. The van der Waals surface area contributed by atoms with Crippen molar-refractivity contribution in [1.82, 2.24) is 10.2 Å². The number of hydrogen-bond acceptors (Lipinski definition) is 2. The van der Waals surface area contributed by atoms with Crippen LogP contribution in [0.3, 0.4) is 0 Å². The molecule has 0 aromatic heterocycles. The highest BCUT2D eigenvalue weighted by Gasteiger charge is 2.08. The maximum Gasteiger partial charge on any atom is 0.0234 e. The van der Waals surface area contributed by atoms with Gasteiger partial charge in [-0.15, -0.1) is 0 Å². The van der Waals surface area contributed by atoms with E-state index in [4.69, 9.17) is 0 Å². The van der Waals surface area contributed by atoms with E-state index < -0.39 is 0 Å². The molecule has 0 saturated heterocycles. The van der Waals surface area contributed by atoms with E-state index in [9.17, 15) is 0 Å². The molecule has 0 aliphatic rings. The van der Waals surface area contributed by atoms with E-state index in [0.717, 1.165) is 24.1 Å². The molecule has 0 saturated carbocycles. The van der Waals surface area contributed by atoms with Gasteiger partial charge in [0.15, 0.2) is 0 Å². The lowest BCUT2D eigenvalue weighted by molar-refractivity contribution is 0.243. The van der Waals surface area contributed by atoms with Crippen molar-refractivity contribution in [3.63, 3.8) is 0 Å². The molecule has 2 nitrogen and oxygen atoms in total. The Hall–Kier alpha value is -0.380. The van der Waals surface area contributed by atoms with Crippen molar-refractivity contribution in [3.8, 4) is 0 Å². The van der Waals surface area contributed by atoms with Crippen LogP contribution in [-0.2, 0) is 6.54 Å². The Balaban J connectivity index is 2.24. The lowest BCUT2D eigenvalue weighted by Gasteiger charge is -2.25. The number of halogens is 1. The van der Waals surface area contributed by atoms with Gasteiger partial charge in [-0.3, -0.25) is 4.90 Å². The molecule has 0 spiro atoms. The number of unbranched alkanes of at least 4 members (excludes halogenated alkanes) is 2. The molecule has 0 amide bonds. The minimum Gasteiger partial charge on any atom is -0.315 e. The van der Waals surface area contributed by atoms with Gasteiger partial charge in [0, 0.05) is 23.6 Å². The summed E-state index contributed by atoms with van der Waals surface area (Å²) in [5.41, 5.74) is 1.36. The summed E-state index contributed by atoms with van der Waals surface area (Å²) in [6, 6.07) is 9.14.